The molecule has 3 rings (SSSR count). The predicted octanol–water partition coefficient (Wildman–Crippen LogP) is 4.89. The summed E-state index contributed by atoms with van der Waals surface area (Å²) in [5, 5.41) is 4.15. The van der Waals surface area contributed by atoms with E-state index in [1.165, 1.54) is 11.1 Å². The van der Waals surface area contributed by atoms with Crippen molar-refractivity contribution in [1.29, 1.82) is 0 Å². The topological polar surface area (TPSA) is 54.6 Å². The van der Waals surface area contributed by atoms with Crippen molar-refractivity contribution in [2.75, 3.05) is 0 Å². The average molecular weight is 350 g/mol. The number of furan rings is 1. The van der Waals surface area contributed by atoms with Crippen molar-refractivity contribution in [2.45, 2.75) is 45.4 Å². The molecule has 1 amide bonds. The molecule has 1 saturated carbocycles. The number of carbonyl (C=O) groups excluding carboxylic acids is 1. The van der Waals surface area contributed by atoms with Crippen LogP contribution in [-0.2, 0) is 10.2 Å². The second-order valence-corrected chi connectivity index (χ2v) is 7.90. The van der Waals surface area contributed by atoms with Crippen LogP contribution >= 0.6 is 0 Å². The van der Waals surface area contributed by atoms with Crippen LogP contribution < -0.4 is 5.43 Å². The van der Waals surface area contributed by atoms with E-state index in [-0.39, 0.29) is 17.2 Å². The Morgan fingerprint density at radius 2 is 1.96 bits per heavy atom. The first-order valence-electron chi connectivity index (χ1n) is 9.01. The van der Waals surface area contributed by atoms with E-state index in [9.17, 15) is 4.79 Å². The van der Waals surface area contributed by atoms with Gasteiger partial charge in [0.05, 0.1) is 12.0 Å². The smallest absolute Gasteiger partial charge is 0.243 e. The zero-order valence-electron chi connectivity index (χ0n) is 15.8. The van der Waals surface area contributed by atoms with Gasteiger partial charge in [-0.15, -0.1) is 0 Å². The molecule has 0 saturated heterocycles. The van der Waals surface area contributed by atoms with Gasteiger partial charge >= 0.3 is 0 Å². The minimum atomic E-state index is -0.0133. The van der Waals surface area contributed by atoms with E-state index in [2.05, 4.69) is 55.6 Å². The first-order valence-corrected chi connectivity index (χ1v) is 9.01. The molecule has 26 heavy (non-hydrogen) atoms. The molecule has 0 bridgehead atoms. The highest BCUT2D eigenvalue weighted by Gasteiger charge is 2.44. The van der Waals surface area contributed by atoms with Crippen LogP contribution in [0.25, 0.3) is 6.08 Å². The van der Waals surface area contributed by atoms with E-state index >= 15 is 0 Å². The van der Waals surface area contributed by atoms with Crippen LogP contribution in [-0.4, -0.2) is 11.6 Å². The summed E-state index contributed by atoms with van der Waals surface area (Å²) in [5.74, 6) is 1.06. The Balaban J connectivity index is 1.53. The van der Waals surface area contributed by atoms with Crippen molar-refractivity contribution < 1.29 is 9.21 Å². The predicted molar refractivity (Wildman–Crippen MR) is 105 cm³/mol. The molecular weight excluding hydrogens is 324 g/mol. The number of allylic oxidation sites excluding steroid dienone is 1. The number of hydrogen-bond acceptors (Lipinski definition) is 3. The molecule has 2 unspecified atom stereocenters. The van der Waals surface area contributed by atoms with Crippen LogP contribution in [0, 0.1) is 5.92 Å². The second-order valence-electron chi connectivity index (χ2n) is 7.90. The molecular formula is C22H26N2O2. The number of benzene rings is 1. The number of hydrogen-bond donors (Lipinski definition) is 1. The molecule has 136 valence electrons. The molecule has 1 aliphatic carbocycles. The molecule has 0 aliphatic heterocycles. The highest BCUT2D eigenvalue weighted by Crippen LogP contribution is 2.47. The lowest BCUT2D eigenvalue weighted by Gasteiger charge is -2.19. The fraction of sp³-hybridized carbons (Fsp3) is 0.364. The van der Waals surface area contributed by atoms with Gasteiger partial charge < -0.3 is 4.42 Å². The number of rotatable bonds is 5. The summed E-state index contributed by atoms with van der Waals surface area (Å²) in [6.45, 7) is 8.46. The average Bonchev–Trinajstić information content (AvgIpc) is 3.24. The van der Waals surface area contributed by atoms with Gasteiger partial charge in [-0.3, -0.25) is 4.79 Å². The van der Waals surface area contributed by atoms with Crippen molar-refractivity contribution in [2.24, 2.45) is 11.0 Å². The summed E-state index contributed by atoms with van der Waals surface area (Å²) in [7, 11) is 0. The summed E-state index contributed by atoms with van der Waals surface area (Å²) < 4.78 is 5.22. The first kappa shape index (κ1) is 18.2. The van der Waals surface area contributed by atoms with Crippen molar-refractivity contribution in [3.63, 3.8) is 0 Å². The van der Waals surface area contributed by atoms with Gasteiger partial charge in [0.25, 0.3) is 0 Å². The Bertz CT molecular complexity index is 809. The lowest BCUT2D eigenvalue weighted by molar-refractivity contribution is -0.122. The van der Waals surface area contributed by atoms with Gasteiger partial charge in [0.2, 0.25) is 5.91 Å². The Hall–Kier alpha value is -2.62. The number of nitrogens with zero attached hydrogens (tertiary/aromatic N) is 1. The standard InChI is InChI=1S/C22H26N2O2/c1-15(7-12-18-6-5-13-26-18)23-24-21(25)20-14-19(20)16-8-10-17(11-9-16)22(2,3)4/h5-13,19-20H,14H2,1-4H3,(H,24,25). The van der Waals surface area contributed by atoms with Crippen molar-refractivity contribution >= 4 is 17.7 Å². The largest absolute Gasteiger partial charge is 0.465 e. The molecule has 0 radical (unpaired) electrons. The summed E-state index contributed by atoms with van der Waals surface area (Å²) in [4.78, 5) is 12.3. The Labute approximate surface area is 155 Å². The monoisotopic (exact) mass is 350 g/mol. The molecule has 1 aliphatic rings. The van der Waals surface area contributed by atoms with Gasteiger partial charge in [-0.1, -0.05) is 45.0 Å². The third kappa shape index (κ3) is 4.51. The summed E-state index contributed by atoms with van der Waals surface area (Å²) in [6, 6.07) is 12.3. The van der Waals surface area contributed by atoms with Gasteiger partial charge in [0.15, 0.2) is 0 Å². The molecule has 1 heterocycles. The Kier molecular flexibility index (Phi) is 5.12. The normalized spacial score (nSPS) is 20.4. The maximum absolute atomic E-state index is 12.3. The molecule has 2 aromatic rings. The molecule has 1 aromatic carbocycles. The maximum Gasteiger partial charge on any atom is 0.243 e. The van der Waals surface area contributed by atoms with Crippen molar-refractivity contribution in [1.82, 2.24) is 5.43 Å². The number of carbonyl (C=O) groups is 1. The van der Waals surface area contributed by atoms with E-state index in [0.717, 1.165) is 17.9 Å². The number of amides is 1. The van der Waals surface area contributed by atoms with Crippen molar-refractivity contribution in [3.05, 3.63) is 65.6 Å². The highest BCUT2D eigenvalue weighted by atomic mass is 16.3. The molecule has 0 spiro atoms. The highest BCUT2D eigenvalue weighted by molar-refractivity contribution is 5.97. The van der Waals surface area contributed by atoms with E-state index in [4.69, 9.17) is 4.42 Å². The molecule has 1 fully saturated rings. The third-order valence-electron chi connectivity index (χ3n) is 4.71. The zero-order chi connectivity index (χ0) is 18.7. The molecule has 1 N–H and O–H groups in total. The van der Waals surface area contributed by atoms with Gasteiger partial charge in [-0.2, -0.15) is 5.10 Å². The van der Waals surface area contributed by atoms with Gasteiger partial charge in [0.1, 0.15) is 5.76 Å². The number of hydrazone groups is 1. The molecule has 1 aromatic heterocycles. The van der Waals surface area contributed by atoms with E-state index in [0.29, 0.717) is 5.92 Å². The minimum Gasteiger partial charge on any atom is -0.465 e. The van der Waals surface area contributed by atoms with Crippen LogP contribution in [0.5, 0.6) is 0 Å². The van der Waals surface area contributed by atoms with Gasteiger partial charge in [-0.25, -0.2) is 5.43 Å². The molecule has 4 heteroatoms. The van der Waals surface area contributed by atoms with Crippen LogP contribution in [0.4, 0.5) is 0 Å². The quantitative estimate of drug-likeness (QED) is 0.617. The van der Waals surface area contributed by atoms with Crippen LogP contribution in [0.2, 0.25) is 0 Å². The summed E-state index contributed by atoms with van der Waals surface area (Å²) in [5.41, 5.74) is 6.09. The fourth-order valence-corrected chi connectivity index (χ4v) is 2.94. The lowest BCUT2D eigenvalue weighted by atomic mass is 9.86. The Morgan fingerprint density at radius 3 is 2.58 bits per heavy atom. The van der Waals surface area contributed by atoms with Crippen LogP contribution in [0.3, 0.4) is 0 Å². The third-order valence-corrected chi connectivity index (χ3v) is 4.71. The lowest BCUT2D eigenvalue weighted by Crippen LogP contribution is -2.21. The van der Waals surface area contributed by atoms with E-state index in [1.807, 2.05) is 31.2 Å². The molecule has 2 atom stereocenters. The summed E-state index contributed by atoms with van der Waals surface area (Å²) >= 11 is 0. The van der Waals surface area contributed by atoms with Crippen LogP contribution in [0.1, 0.15) is 56.9 Å². The molecule has 4 nitrogen and oxygen atoms in total. The fourth-order valence-electron chi connectivity index (χ4n) is 2.94. The number of nitrogens with one attached hydrogen (secondary N) is 1. The first-order chi connectivity index (χ1) is 12.3. The van der Waals surface area contributed by atoms with Crippen LogP contribution in [0.15, 0.2) is 58.3 Å². The van der Waals surface area contributed by atoms with E-state index < -0.39 is 0 Å². The second kappa shape index (κ2) is 7.32. The summed E-state index contributed by atoms with van der Waals surface area (Å²) in [6.07, 6.45) is 6.14. The zero-order valence-corrected chi connectivity index (χ0v) is 15.8. The minimum absolute atomic E-state index is 0.0133. The van der Waals surface area contributed by atoms with Gasteiger partial charge in [0, 0.05) is 5.92 Å². The van der Waals surface area contributed by atoms with Gasteiger partial charge in [-0.05, 0) is 60.1 Å². The van der Waals surface area contributed by atoms with E-state index in [1.54, 1.807) is 6.26 Å². The Morgan fingerprint density at radius 1 is 1.23 bits per heavy atom. The SMILES string of the molecule is CC(C=Cc1ccco1)=NNC(=O)C1CC1c1ccc(C(C)(C)C)cc1. The maximum atomic E-state index is 12.3. The van der Waals surface area contributed by atoms with Crippen molar-refractivity contribution in [3.8, 4) is 0 Å².